The summed E-state index contributed by atoms with van der Waals surface area (Å²) in [4.78, 5) is 10.8. The average Bonchev–Trinajstić information content (AvgIpc) is 3.67. The van der Waals surface area contributed by atoms with Gasteiger partial charge in [0.2, 0.25) is 0 Å². The quantitative estimate of drug-likeness (QED) is 0.227. The number of pyridine rings is 2. The van der Waals surface area contributed by atoms with Crippen LogP contribution in [0.5, 0.6) is 5.75 Å². The van der Waals surface area contributed by atoms with E-state index >= 15 is 0 Å². The number of nitrogens with zero attached hydrogens (tertiary/aromatic N) is 8. The Hall–Kier alpha value is -4.51. The van der Waals surface area contributed by atoms with E-state index in [0.29, 0.717) is 52.6 Å². The molecule has 1 saturated heterocycles. The summed E-state index contributed by atoms with van der Waals surface area (Å²) in [6, 6.07) is 7.02. The Morgan fingerprint density at radius 1 is 1.22 bits per heavy atom. The second-order valence-electron chi connectivity index (χ2n) is 9.34. The number of hydrogen-bond acceptors (Lipinski definition) is 9. The number of halogens is 1. The number of aromatic nitrogens is 3. The van der Waals surface area contributed by atoms with E-state index in [1.165, 1.54) is 18.5 Å². The van der Waals surface area contributed by atoms with Crippen LogP contribution in [0.4, 0.5) is 4.39 Å². The summed E-state index contributed by atoms with van der Waals surface area (Å²) >= 11 is 0. The molecule has 2 fully saturated rings. The van der Waals surface area contributed by atoms with Gasteiger partial charge in [0.15, 0.2) is 6.19 Å². The van der Waals surface area contributed by atoms with Crippen LogP contribution in [0.15, 0.2) is 46.9 Å². The minimum atomic E-state index is -0.415. The van der Waals surface area contributed by atoms with Crippen molar-refractivity contribution in [1.82, 2.24) is 19.5 Å². The third kappa shape index (κ3) is 5.07. The maximum atomic E-state index is 13.5. The smallest absolute Gasteiger partial charge is 0.179 e. The van der Waals surface area contributed by atoms with E-state index in [9.17, 15) is 9.65 Å². The number of fused-ring (bicyclic) bond motifs is 1. The number of hydrazone groups is 1. The van der Waals surface area contributed by atoms with Gasteiger partial charge >= 0.3 is 0 Å². The van der Waals surface area contributed by atoms with Gasteiger partial charge in [-0.3, -0.25) is 9.98 Å². The van der Waals surface area contributed by atoms with Gasteiger partial charge in [0, 0.05) is 30.8 Å². The van der Waals surface area contributed by atoms with Crippen LogP contribution in [0.3, 0.4) is 0 Å². The minimum Gasteiger partial charge on any atom is -0.481 e. The normalized spacial score (nSPS) is 17.9. The highest BCUT2D eigenvalue weighted by atomic mass is 19.1. The fourth-order valence-corrected chi connectivity index (χ4v) is 4.68. The lowest BCUT2D eigenvalue weighted by Crippen LogP contribution is -2.32. The minimum absolute atomic E-state index is 0.0690. The molecule has 1 unspecified atom stereocenters. The first-order chi connectivity index (χ1) is 18.0. The van der Waals surface area contributed by atoms with Crippen LogP contribution in [-0.2, 0) is 0 Å². The summed E-state index contributed by atoms with van der Waals surface area (Å²) in [7, 11) is 0. The van der Waals surface area contributed by atoms with Gasteiger partial charge in [0.05, 0.1) is 29.8 Å². The molecule has 2 N–H and O–H groups in total. The van der Waals surface area contributed by atoms with E-state index < -0.39 is 11.9 Å². The number of aliphatic imine (C=N–C) groups is 1. The summed E-state index contributed by atoms with van der Waals surface area (Å²) in [5.74, 6) is 6.09. The molecule has 2 aliphatic rings. The molecule has 0 bridgehead atoms. The fraction of sp³-hybridized carbons (Fsp3) is 0.385. The molecule has 1 aliphatic heterocycles. The molecular formula is C26H26FN9O. The van der Waals surface area contributed by atoms with Crippen molar-refractivity contribution in [1.29, 1.82) is 10.5 Å². The lowest BCUT2D eigenvalue weighted by Gasteiger charge is -2.26. The van der Waals surface area contributed by atoms with Crippen molar-refractivity contribution in [3.05, 3.63) is 59.4 Å². The summed E-state index contributed by atoms with van der Waals surface area (Å²) in [6.07, 6.45) is 9.67. The van der Waals surface area contributed by atoms with Crippen molar-refractivity contribution in [3.63, 3.8) is 0 Å². The highest BCUT2D eigenvalue weighted by molar-refractivity contribution is 6.47. The third-order valence-electron chi connectivity index (χ3n) is 6.77. The molecule has 3 aromatic rings. The third-order valence-corrected chi connectivity index (χ3v) is 6.77. The molecule has 10 nitrogen and oxygen atoms in total. The van der Waals surface area contributed by atoms with Gasteiger partial charge in [-0.2, -0.15) is 20.7 Å². The van der Waals surface area contributed by atoms with E-state index in [2.05, 4.69) is 27.4 Å². The topological polar surface area (TPSA) is 141 Å². The van der Waals surface area contributed by atoms with E-state index in [-0.39, 0.29) is 12.0 Å². The Morgan fingerprint density at radius 2 is 2.00 bits per heavy atom. The molecule has 0 aromatic carbocycles. The first-order valence-corrected chi connectivity index (χ1v) is 12.2. The lowest BCUT2D eigenvalue weighted by atomic mass is 10.0. The van der Waals surface area contributed by atoms with Crippen LogP contribution in [0.1, 0.15) is 55.5 Å². The molecular weight excluding hydrogens is 473 g/mol. The van der Waals surface area contributed by atoms with Crippen molar-refractivity contribution in [2.24, 2.45) is 21.9 Å². The van der Waals surface area contributed by atoms with Gasteiger partial charge in [-0.15, -0.1) is 0 Å². The molecule has 1 atom stereocenters. The van der Waals surface area contributed by atoms with Gasteiger partial charge < -0.3 is 15.5 Å². The standard InChI is InChI=1S/C26H26FN9O/c1-16(33-21-6-8-35(15-29)9-7-21)24(34-30)18-10-23(25-19(11-28)12-32-36(25)14-18)37-26(17-2-3-17)22-5-4-20(27)13-31-22/h4-5,10,12-14,17,21,26H,2-3,6-9,30H2,1H3/b33-16?,34-24+. The molecule has 11 heteroatoms. The number of nitriles is 2. The average molecular weight is 500 g/mol. The number of rotatable bonds is 7. The van der Waals surface area contributed by atoms with Gasteiger partial charge in [-0.1, -0.05) is 0 Å². The number of ether oxygens (including phenoxy) is 1. The lowest BCUT2D eigenvalue weighted by molar-refractivity contribution is 0.178. The molecule has 0 radical (unpaired) electrons. The molecule has 1 saturated carbocycles. The van der Waals surface area contributed by atoms with Gasteiger partial charge in [-0.05, 0) is 50.8 Å². The van der Waals surface area contributed by atoms with E-state index in [0.717, 1.165) is 25.7 Å². The SMILES string of the molecule is CC(=NC1CCN(C#N)CC1)/C(=N\N)c1cc(OC(c2ccc(F)cn2)C2CC2)c2c(C#N)cnn2c1. The van der Waals surface area contributed by atoms with Crippen molar-refractivity contribution in [3.8, 4) is 18.0 Å². The molecule has 37 heavy (non-hydrogen) atoms. The maximum Gasteiger partial charge on any atom is 0.179 e. The molecule has 0 amide bonds. The second kappa shape index (κ2) is 10.2. The Balaban J connectivity index is 1.51. The Bertz CT molecular complexity index is 1440. The summed E-state index contributed by atoms with van der Waals surface area (Å²) < 4.78 is 21.6. The van der Waals surface area contributed by atoms with E-state index in [4.69, 9.17) is 20.8 Å². The first-order valence-electron chi connectivity index (χ1n) is 12.2. The second-order valence-corrected chi connectivity index (χ2v) is 9.34. The van der Waals surface area contributed by atoms with Gasteiger partial charge in [0.1, 0.15) is 40.5 Å². The van der Waals surface area contributed by atoms with Crippen molar-refractivity contribution >= 4 is 16.9 Å². The van der Waals surface area contributed by atoms with Crippen LogP contribution >= 0.6 is 0 Å². The van der Waals surface area contributed by atoms with Crippen LogP contribution in [-0.4, -0.2) is 50.1 Å². The molecule has 188 valence electrons. The van der Waals surface area contributed by atoms with Gasteiger partial charge in [0.25, 0.3) is 0 Å². The zero-order valence-corrected chi connectivity index (χ0v) is 20.4. The molecule has 0 spiro atoms. The number of piperidine rings is 1. The fourth-order valence-electron chi connectivity index (χ4n) is 4.68. The van der Waals surface area contributed by atoms with Gasteiger partial charge in [-0.25, -0.2) is 8.91 Å². The van der Waals surface area contributed by atoms with E-state index in [1.54, 1.807) is 27.7 Å². The van der Waals surface area contributed by atoms with E-state index in [1.807, 2.05) is 6.92 Å². The summed E-state index contributed by atoms with van der Waals surface area (Å²) in [5.41, 5.74) is 3.29. The highest BCUT2D eigenvalue weighted by Crippen LogP contribution is 2.44. The first kappa shape index (κ1) is 24.2. The Morgan fingerprint density at radius 3 is 2.62 bits per heavy atom. The summed E-state index contributed by atoms with van der Waals surface area (Å²) in [6.45, 7) is 3.19. The molecule has 4 heterocycles. The number of hydrogen-bond donors (Lipinski definition) is 1. The number of likely N-dealkylation sites (tertiary alicyclic amines) is 1. The predicted molar refractivity (Wildman–Crippen MR) is 134 cm³/mol. The van der Waals surface area contributed by atoms with Crippen molar-refractivity contribution in [2.75, 3.05) is 13.1 Å². The van der Waals surface area contributed by atoms with Crippen LogP contribution in [0.2, 0.25) is 0 Å². The van der Waals surface area contributed by atoms with Crippen molar-refractivity contribution in [2.45, 2.75) is 44.8 Å². The van der Waals surface area contributed by atoms with Crippen LogP contribution in [0.25, 0.3) is 5.52 Å². The Kier molecular flexibility index (Phi) is 6.69. The van der Waals surface area contributed by atoms with Crippen LogP contribution in [0, 0.1) is 34.5 Å². The summed E-state index contributed by atoms with van der Waals surface area (Å²) in [5, 5.41) is 27.2. The zero-order chi connectivity index (χ0) is 25.9. The zero-order valence-electron chi connectivity index (χ0n) is 20.4. The predicted octanol–water partition coefficient (Wildman–Crippen LogP) is 3.34. The molecule has 1 aliphatic carbocycles. The number of nitrogens with two attached hydrogens (primary N) is 1. The Labute approximate surface area is 213 Å². The largest absolute Gasteiger partial charge is 0.481 e. The highest BCUT2D eigenvalue weighted by Gasteiger charge is 2.36. The molecule has 5 rings (SSSR count). The monoisotopic (exact) mass is 499 g/mol. The molecule has 3 aromatic heterocycles. The van der Waals surface area contributed by atoms with Crippen molar-refractivity contribution < 1.29 is 9.13 Å². The maximum absolute atomic E-state index is 13.5. The van der Waals surface area contributed by atoms with Crippen LogP contribution < -0.4 is 10.6 Å².